The topological polar surface area (TPSA) is 96.5 Å². The second-order valence-corrected chi connectivity index (χ2v) is 6.43. The van der Waals surface area contributed by atoms with Crippen molar-refractivity contribution in [3.8, 4) is 11.1 Å². The van der Waals surface area contributed by atoms with E-state index >= 15 is 0 Å². The first-order valence-corrected chi connectivity index (χ1v) is 8.77. The highest BCUT2D eigenvalue weighted by Crippen LogP contribution is 2.30. The lowest BCUT2D eigenvalue weighted by Crippen LogP contribution is -2.12. The van der Waals surface area contributed by atoms with Crippen LogP contribution < -0.4 is 5.32 Å². The Kier molecular flexibility index (Phi) is 3.94. The molecule has 0 unspecified atom stereocenters. The highest BCUT2D eigenvalue weighted by Gasteiger charge is 2.13. The van der Waals surface area contributed by atoms with E-state index in [0.29, 0.717) is 11.2 Å². The van der Waals surface area contributed by atoms with Gasteiger partial charge in [-0.3, -0.25) is 19.7 Å². The number of hydrogen-bond acceptors (Lipinski definition) is 5. The minimum atomic E-state index is -0.524. The van der Waals surface area contributed by atoms with E-state index in [9.17, 15) is 9.18 Å². The van der Waals surface area contributed by atoms with Gasteiger partial charge in [0.25, 0.3) is 5.91 Å². The van der Waals surface area contributed by atoms with Crippen LogP contribution in [0.2, 0.25) is 0 Å². The number of carbonyl (C=O) groups excluding carboxylic acids is 1. The number of anilines is 1. The van der Waals surface area contributed by atoms with E-state index in [4.69, 9.17) is 0 Å². The average Bonchev–Trinajstić information content (AvgIpc) is 3.16. The standard InChI is InChI=1S/C21H13FN6O/c22-14-7-15(10-23-9-14)28-21(29)13-5-16-17(11-27-20(16)26-8-13)12-1-2-18-19(6-12)25-4-3-24-18/h1-11H,(H,26,27)(H,28,29). The van der Waals surface area contributed by atoms with E-state index < -0.39 is 11.7 Å². The van der Waals surface area contributed by atoms with Gasteiger partial charge in [0.1, 0.15) is 11.5 Å². The molecule has 0 radical (unpaired) electrons. The summed E-state index contributed by atoms with van der Waals surface area (Å²) in [4.78, 5) is 32.4. The maximum Gasteiger partial charge on any atom is 0.257 e. The van der Waals surface area contributed by atoms with Gasteiger partial charge in [0.15, 0.2) is 0 Å². The quantitative estimate of drug-likeness (QED) is 0.491. The van der Waals surface area contributed by atoms with Gasteiger partial charge >= 0.3 is 0 Å². The summed E-state index contributed by atoms with van der Waals surface area (Å²) in [5.74, 6) is -0.924. The molecular formula is C21H13FN6O. The molecule has 0 saturated heterocycles. The van der Waals surface area contributed by atoms with Gasteiger partial charge in [-0.1, -0.05) is 6.07 Å². The molecule has 0 fully saturated rings. The van der Waals surface area contributed by atoms with Crippen LogP contribution in [0.25, 0.3) is 33.2 Å². The molecule has 4 heterocycles. The summed E-state index contributed by atoms with van der Waals surface area (Å²) in [6.07, 6.45) is 9.06. The van der Waals surface area contributed by atoms with Crippen molar-refractivity contribution in [1.82, 2.24) is 24.9 Å². The van der Waals surface area contributed by atoms with E-state index in [1.807, 2.05) is 24.4 Å². The molecule has 1 aromatic carbocycles. The second kappa shape index (κ2) is 6.75. The number of aromatic nitrogens is 5. The molecule has 0 bridgehead atoms. The Labute approximate surface area is 163 Å². The molecule has 0 spiro atoms. The van der Waals surface area contributed by atoms with Crippen molar-refractivity contribution in [3.63, 3.8) is 0 Å². The molecule has 4 aromatic heterocycles. The first kappa shape index (κ1) is 16.9. The molecule has 0 aliphatic heterocycles. The molecule has 0 saturated carbocycles. The Hall–Kier alpha value is -4.20. The molecule has 0 aliphatic rings. The van der Waals surface area contributed by atoms with E-state index in [0.717, 1.165) is 33.7 Å². The van der Waals surface area contributed by atoms with E-state index in [1.54, 1.807) is 18.5 Å². The Morgan fingerprint density at radius 2 is 1.83 bits per heavy atom. The zero-order chi connectivity index (χ0) is 19.8. The number of aromatic amines is 1. The number of nitrogens with one attached hydrogen (secondary N) is 2. The van der Waals surface area contributed by atoms with Crippen molar-refractivity contribution in [2.24, 2.45) is 0 Å². The fourth-order valence-electron chi connectivity index (χ4n) is 3.18. The van der Waals surface area contributed by atoms with Gasteiger partial charge < -0.3 is 10.3 Å². The van der Waals surface area contributed by atoms with Crippen LogP contribution in [-0.4, -0.2) is 30.8 Å². The van der Waals surface area contributed by atoms with Crippen molar-refractivity contribution in [2.45, 2.75) is 0 Å². The number of H-pyrrole nitrogens is 1. The van der Waals surface area contributed by atoms with Crippen LogP contribution in [0, 0.1) is 5.82 Å². The Bertz CT molecular complexity index is 1380. The van der Waals surface area contributed by atoms with Gasteiger partial charge in [-0.25, -0.2) is 9.37 Å². The first-order valence-electron chi connectivity index (χ1n) is 8.77. The van der Waals surface area contributed by atoms with Gasteiger partial charge in [-0.15, -0.1) is 0 Å². The number of pyridine rings is 2. The van der Waals surface area contributed by atoms with Crippen LogP contribution in [0.15, 0.2) is 67.5 Å². The van der Waals surface area contributed by atoms with Crippen molar-refractivity contribution < 1.29 is 9.18 Å². The summed E-state index contributed by atoms with van der Waals surface area (Å²) >= 11 is 0. The molecule has 5 rings (SSSR count). The van der Waals surface area contributed by atoms with Gasteiger partial charge in [-0.05, 0) is 23.8 Å². The van der Waals surface area contributed by atoms with E-state index in [2.05, 4.69) is 30.2 Å². The second-order valence-electron chi connectivity index (χ2n) is 6.43. The maximum absolute atomic E-state index is 13.3. The Morgan fingerprint density at radius 1 is 0.966 bits per heavy atom. The summed E-state index contributed by atoms with van der Waals surface area (Å²) in [5.41, 5.74) is 4.68. The summed E-state index contributed by atoms with van der Waals surface area (Å²) < 4.78 is 13.3. The number of hydrogen-bond donors (Lipinski definition) is 2. The number of rotatable bonds is 3. The van der Waals surface area contributed by atoms with Gasteiger partial charge in [0, 0.05) is 41.8 Å². The van der Waals surface area contributed by atoms with Crippen LogP contribution in [0.5, 0.6) is 0 Å². The van der Waals surface area contributed by atoms with Crippen molar-refractivity contribution in [2.75, 3.05) is 5.32 Å². The molecule has 7 nitrogen and oxygen atoms in total. The molecule has 29 heavy (non-hydrogen) atoms. The summed E-state index contributed by atoms with van der Waals surface area (Å²) in [5, 5.41) is 3.42. The number of halogens is 1. The number of nitrogens with zero attached hydrogens (tertiary/aromatic N) is 4. The summed E-state index contributed by atoms with van der Waals surface area (Å²) in [6.45, 7) is 0. The van der Waals surface area contributed by atoms with Gasteiger partial charge in [-0.2, -0.15) is 0 Å². The maximum atomic E-state index is 13.3. The smallest absolute Gasteiger partial charge is 0.257 e. The minimum absolute atomic E-state index is 0.275. The number of carbonyl (C=O) groups is 1. The average molecular weight is 384 g/mol. The van der Waals surface area contributed by atoms with Crippen molar-refractivity contribution >= 4 is 33.7 Å². The summed E-state index contributed by atoms with van der Waals surface area (Å²) in [6, 6.07) is 8.74. The predicted molar refractivity (Wildman–Crippen MR) is 107 cm³/mol. The van der Waals surface area contributed by atoms with Crippen molar-refractivity contribution in [3.05, 3.63) is 78.9 Å². The molecule has 5 aromatic rings. The highest BCUT2D eigenvalue weighted by molar-refractivity contribution is 6.07. The predicted octanol–water partition coefficient (Wildman–Crippen LogP) is 3.96. The number of benzene rings is 1. The molecule has 0 aliphatic carbocycles. The van der Waals surface area contributed by atoms with Crippen LogP contribution >= 0.6 is 0 Å². The molecule has 140 valence electrons. The van der Waals surface area contributed by atoms with Crippen LogP contribution in [-0.2, 0) is 0 Å². The third-order valence-electron chi connectivity index (χ3n) is 4.54. The van der Waals surface area contributed by atoms with E-state index in [-0.39, 0.29) is 5.69 Å². The first-order chi connectivity index (χ1) is 14.2. The lowest BCUT2D eigenvalue weighted by molar-refractivity contribution is 0.102. The largest absolute Gasteiger partial charge is 0.346 e. The normalized spacial score (nSPS) is 11.1. The molecular weight excluding hydrogens is 371 g/mol. The van der Waals surface area contributed by atoms with Crippen LogP contribution in [0.3, 0.4) is 0 Å². The van der Waals surface area contributed by atoms with Crippen molar-refractivity contribution in [1.29, 1.82) is 0 Å². The van der Waals surface area contributed by atoms with E-state index in [1.165, 1.54) is 18.5 Å². The minimum Gasteiger partial charge on any atom is -0.346 e. The SMILES string of the molecule is O=C(Nc1cncc(F)c1)c1cnc2[nH]cc(-c3ccc4nccnc4c3)c2c1. The zero-order valence-electron chi connectivity index (χ0n) is 14.9. The number of fused-ring (bicyclic) bond motifs is 2. The monoisotopic (exact) mass is 384 g/mol. The summed E-state index contributed by atoms with van der Waals surface area (Å²) in [7, 11) is 0. The third-order valence-corrected chi connectivity index (χ3v) is 4.54. The molecule has 8 heteroatoms. The molecule has 0 atom stereocenters. The lowest BCUT2D eigenvalue weighted by Gasteiger charge is -2.06. The van der Waals surface area contributed by atoms with Gasteiger partial charge in [0.2, 0.25) is 0 Å². The fourth-order valence-corrected chi connectivity index (χ4v) is 3.18. The Morgan fingerprint density at radius 3 is 2.69 bits per heavy atom. The van der Waals surface area contributed by atoms with Crippen LogP contribution in [0.1, 0.15) is 10.4 Å². The molecule has 2 N–H and O–H groups in total. The van der Waals surface area contributed by atoms with Crippen LogP contribution in [0.4, 0.5) is 10.1 Å². The zero-order valence-corrected chi connectivity index (χ0v) is 14.9. The number of amides is 1. The highest BCUT2D eigenvalue weighted by atomic mass is 19.1. The molecule has 1 amide bonds. The fraction of sp³-hybridized carbons (Fsp3) is 0. The Balaban J connectivity index is 1.53. The van der Waals surface area contributed by atoms with Gasteiger partial charge in [0.05, 0.1) is 34.7 Å². The third kappa shape index (κ3) is 3.16. The lowest BCUT2D eigenvalue weighted by atomic mass is 10.0.